The van der Waals surface area contributed by atoms with E-state index in [-0.39, 0.29) is 0 Å². The Morgan fingerprint density at radius 3 is 2.36 bits per heavy atom. The van der Waals surface area contributed by atoms with Crippen molar-refractivity contribution in [3.05, 3.63) is 48.6 Å². The fourth-order valence-electron chi connectivity index (χ4n) is 0.893. The van der Waals surface area contributed by atoms with Crippen molar-refractivity contribution in [2.75, 3.05) is 0 Å². The van der Waals surface area contributed by atoms with E-state index in [9.17, 15) is 5.11 Å². The van der Waals surface area contributed by atoms with Gasteiger partial charge in [0.05, 0.1) is 0 Å². The van der Waals surface area contributed by atoms with Gasteiger partial charge in [-0.2, -0.15) is 0 Å². The summed E-state index contributed by atoms with van der Waals surface area (Å²) in [5, 5.41) is 9.68. The van der Waals surface area contributed by atoms with E-state index in [1.54, 1.807) is 6.92 Å². The molecule has 0 saturated heterocycles. The minimum Gasteiger partial charge on any atom is -0.381 e. The molecule has 0 unspecified atom stereocenters. The quantitative estimate of drug-likeness (QED) is 0.636. The Hall–Kier alpha value is -1.08. The Kier molecular flexibility index (Phi) is 2.11. The lowest BCUT2D eigenvalue weighted by molar-refractivity contribution is 0.111. The van der Waals surface area contributed by atoms with Crippen LogP contribution < -0.4 is 0 Å². The highest BCUT2D eigenvalue weighted by molar-refractivity contribution is 5.25. The molecule has 1 nitrogen and oxygen atoms in total. The molecular formula is C10H12O. The minimum absolute atomic E-state index is 0.870. The van der Waals surface area contributed by atoms with Crippen LogP contribution in [0.5, 0.6) is 0 Å². The third-order valence-corrected chi connectivity index (χ3v) is 1.76. The zero-order chi connectivity index (χ0) is 8.32. The van der Waals surface area contributed by atoms with Crippen LogP contribution in [0.15, 0.2) is 43.0 Å². The van der Waals surface area contributed by atoms with Gasteiger partial charge in [0.2, 0.25) is 0 Å². The highest BCUT2D eigenvalue weighted by Crippen LogP contribution is 2.20. The lowest BCUT2D eigenvalue weighted by atomic mass is 9.97. The van der Waals surface area contributed by atoms with Crippen molar-refractivity contribution in [2.45, 2.75) is 12.5 Å². The van der Waals surface area contributed by atoms with E-state index in [2.05, 4.69) is 6.58 Å². The summed E-state index contributed by atoms with van der Waals surface area (Å²) in [6.07, 6.45) is 1.53. The minimum atomic E-state index is -0.902. The second-order valence-corrected chi connectivity index (χ2v) is 2.72. The van der Waals surface area contributed by atoms with Crippen molar-refractivity contribution in [3.8, 4) is 0 Å². The standard InChI is InChI=1S/C10H12O/c1-3-10(2,11)9-7-5-4-6-8-9/h3-8,11H,1H2,2H3/t10-/m0/s1. The van der Waals surface area contributed by atoms with Gasteiger partial charge in [0.1, 0.15) is 5.60 Å². The van der Waals surface area contributed by atoms with Gasteiger partial charge in [-0.05, 0) is 12.5 Å². The van der Waals surface area contributed by atoms with E-state index < -0.39 is 5.60 Å². The molecule has 0 fully saturated rings. The number of benzene rings is 1. The first-order chi connectivity index (χ1) is 5.17. The predicted octanol–water partition coefficient (Wildman–Crippen LogP) is 2.08. The molecule has 1 N–H and O–H groups in total. The van der Waals surface area contributed by atoms with Gasteiger partial charge in [-0.25, -0.2) is 0 Å². The van der Waals surface area contributed by atoms with Crippen molar-refractivity contribution in [2.24, 2.45) is 0 Å². The van der Waals surface area contributed by atoms with Crippen LogP contribution in [0.4, 0.5) is 0 Å². The molecule has 1 aromatic rings. The van der Waals surface area contributed by atoms with Gasteiger partial charge in [-0.3, -0.25) is 0 Å². The topological polar surface area (TPSA) is 20.2 Å². The van der Waals surface area contributed by atoms with Gasteiger partial charge < -0.3 is 5.11 Å². The van der Waals surface area contributed by atoms with Gasteiger partial charge in [-0.15, -0.1) is 0 Å². The first kappa shape index (κ1) is 8.02. The monoisotopic (exact) mass is 148 g/mol. The van der Waals surface area contributed by atoms with Crippen LogP contribution in [-0.4, -0.2) is 5.11 Å². The molecule has 0 aliphatic rings. The Balaban J connectivity index is 3.02. The normalized spacial score (nSPS) is 15.5. The van der Waals surface area contributed by atoms with Gasteiger partial charge in [0.15, 0.2) is 0 Å². The molecular weight excluding hydrogens is 136 g/mol. The Bertz CT molecular complexity index is 236. The van der Waals surface area contributed by atoms with Gasteiger partial charge in [0.25, 0.3) is 0 Å². The Morgan fingerprint density at radius 2 is 1.91 bits per heavy atom. The summed E-state index contributed by atoms with van der Waals surface area (Å²) in [6.45, 7) is 5.28. The van der Waals surface area contributed by atoms with Crippen LogP contribution in [0.2, 0.25) is 0 Å². The molecule has 0 spiro atoms. The van der Waals surface area contributed by atoms with Gasteiger partial charge in [-0.1, -0.05) is 43.0 Å². The fraction of sp³-hybridized carbons (Fsp3) is 0.200. The van der Waals surface area contributed by atoms with Crippen LogP contribution in [0, 0.1) is 0 Å². The molecule has 0 saturated carbocycles. The van der Waals surface area contributed by atoms with Crippen molar-refractivity contribution in [1.82, 2.24) is 0 Å². The molecule has 0 bridgehead atoms. The highest BCUT2D eigenvalue weighted by Gasteiger charge is 2.16. The molecule has 0 amide bonds. The van der Waals surface area contributed by atoms with E-state index in [0.29, 0.717) is 0 Å². The molecule has 11 heavy (non-hydrogen) atoms. The molecule has 1 rings (SSSR count). The van der Waals surface area contributed by atoms with Gasteiger partial charge in [0, 0.05) is 0 Å². The van der Waals surface area contributed by atoms with E-state index in [4.69, 9.17) is 0 Å². The molecule has 1 aromatic carbocycles. The summed E-state index contributed by atoms with van der Waals surface area (Å²) in [6, 6.07) is 9.46. The first-order valence-corrected chi connectivity index (χ1v) is 3.58. The lowest BCUT2D eigenvalue weighted by Gasteiger charge is -2.18. The molecule has 0 aliphatic carbocycles. The van der Waals surface area contributed by atoms with E-state index in [1.807, 2.05) is 30.3 Å². The number of hydrogen-bond donors (Lipinski definition) is 1. The van der Waals surface area contributed by atoms with E-state index >= 15 is 0 Å². The third-order valence-electron chi connectivity index (χ3n) is 1.76. The summed E-state index contributed by atoms with van der Waals surface area (Å²) in [4.78, 5) is 0. The average Bonchev–Trinajstić information content (AvgIpc) is 2.06. The van der Waals surface area contributed by atoms with Crippen LogP contribution in [0.1, 0.15) is 12.5 Å². The highest BCUT2D eigenvalue weighted by atomic mass is 16.3. The summed E-state index contributed by atoms with van der Waals surface area (Å²) in [7, 11) is 0. The second-order valence-electron chi connectivity index (χ2n) is 2.72. The molecule has 0 heterocycles. The number of aliphatic hydroxyl groups is 1. The number of hydrogen-bond acceptors (Lipinski definition) is 1. The smallest absolute Gasteiger partial charge is 0.105 e. The Morgan fingerprint density at radius 1 is 1.36 bits per heavy atom. The van der Waals surface area contributed by atoms with Crippen molar-refractivity contribution < 1.29 is 5.11 Å². The maximum Gasteiger partial charge on any atom is 0.105 e. The summed E-state index contributed by atoms with van der Waals surface area (Å²) < 4.78 is 0. The summed E-state index contributed by atoms with van der Waals surface area (Å²) in [5.41, 5.74) is -0.0312. The zero-order valence-corrected chi connectivity index (χ0v) is 6.62. The van der Waals surface area contributed by atoms with E-state index in [0.717, 1.165) is 5.56 Å². The van der Waals surface area contributed by atoms with Crippen molar-refractivity contribution >= 4 is 0 Å². The fourth-order valence-corrected chi connectivity index (χ4v) is 0.893. The maximum atomic E-state index is 9.68. The largest absolute Gasteiger partial charge is 0.381 e. The van der Waals surface area contributed by atoms with Crippen molar-refractivity contribution in [3.63, 3.8) is 0 Å². The van der Waals surface area contributed by atoms with Crippen LogP contribution in [0.25, 0.3) is 0 Å². The van der Waals surface area contributed by atoms with Crippen LogP contribution >= 0.6 is 0 Å². The molecule has 1 heteroatoms. The molecule has 0 aromatic heterocycles. The Labute approximate surface area is 67.0 Å². The maximum absolute atomic E-state index is 9.68. The number of rotatable bonds is 2. The molecule has 58 valence electrons. The molecule has 0 aliphatic heterocycles. The van der Waals surface area contributed by atoms with Crippen molar-refractivity contribution in [1.29, 1.82) is 0 Å². The predicted molar refractivity (Wildman–Crippen MR) is 46.2 cm³/mol. The third kappa shape index (κ3) is 1.69. The summed E-state index contributed by atoms with van der Waals surface area (Å²) in [5.74, 6) is 0. The van der Waals surface area contributed by atoms with Crippen LogP contribution in [0.3, 0.4) is 0 Å². The molecule has 1 atom stereocenters. The average molecular weight is 148 g/mol. The SMILES string of the molecule is C=C[C@](C)(O)c1ccccc1. The van der Waals surface area contributed by atoms with E-state index in [1.165, 1.54) is 6.08 Å². The molecule has 0 radical (unpaired) electrons. The lowest BCUT2D eigenvalue weighted by Crippen LogP contribution is -2.16. The second kappa shape index (κ2) is 2.89. The van der Waals surface area contributed by atoms with Crippen LogP contribution in [-0.2, 0) is 5.60 Å². The summed E-state index contributed by atoms with van der Waals surface area (Å²) >= 11 is 0. The first-order valence-electron chi connectivity index (χ1n) is 3.58. The van der Waals surface area contributed by atoms with Gasteiger partial charge >= 0.3 is 0 Å². The zero-order valence-electron chi connectivity index (χ0n) is 6.62.